The van der Waals surface area contributed by atoms with Gasteiger partial charge in [0.25, 0.3) is 0 Å². The zero-order chi connectivity index (χ0) is 16.6. The molecule has 2 amide bonds. The third-order valence-electron chi connectivity index (χ3n) is 4.05. The molecule has 0 saturated carbocycles. The second-order valence-corrected chi connectivity index (χ2v) is 7.02. The average molecular weight is 393 g/mol. The van der Waals surface area contributed by atoms with E-state index in [9.17, 15) is 9.59 Å². The maximum Gasteiger partial charge on any atom is 0.237 e. The number of hydrogen-bond acceptors (Lipinski definition) is 2. The Kier molecular flexibility index (Phi) is 4.55. The van der Waals surface area contributed by atoms with Gasteiger partial charge in [0.1, 0.15) is 0 Å². The first-order valence-corrected chi connectivity index (χ1v) is 8.50. The average Bonchev–Trinajstić information content (AvgIpc) is 2.79. The van der Waals surface area contributed by atoms with Crippen LogP contribution in [0.2, 0.25) is 5.02 Å². The number of benzene rings is 2. The zero-order valence-corrected chi connectivity index (χ0v) is 14.9. The van der Waals surface area contributed by atoms with Crippen molar-refractivity contribution in [3.63, 3.8) is 0 Å². The van der Waals surface area contributed by atoms with Gasteiger partial charge in [0.05, 0.1) is 11.6 Å². The fraction of sp³-hybridized carbons (Fsp3) is 0.222. The Bertz CT molecular complexity index is 773. The highest BCUT2D eigenvalue weighted by Gasteiger charge is 2.39. The van der Waals surface area contributed by atoms with Gasteiger partial charge in [-0.05, 0) is 48.7 Å². The Hall–Kier alpha value is -1.65. The summed E-state index contributed by atoms with van der Waals surface area (Å²) in [5.41, 5.74) is 2.69. The number of anilines is 1. The number of aryl methyl sites for hydroxylation is 1. The molecule has 1 fully saturated rings. The monoisotopic (exact) mass is 391 g/mol. The predicted octanol–water partition coefficient (Wildman–Crippen LogP) is 4.53. The summed E-state index contributed by atoms with van der Waals surface area (Å²) in [5.74, 6) is -0.603. The second-order valence-electron chi connectivity index (χ2n) is 5.73. The SMILES string of the molecule is Cc1ccc(N2C(=O)CC(Cc3ccc(Cl)cc3)C2=O)cc1Br. The Labute approximate surface area is 148 Å². The van der Waals surface area contributed by atoms with Crippen LogP contribution in [0, 0.1) is 12.8 Å². The third kappa shape index (κ3) is 3.33. The molecule has 0 N–H and O–H groups in total. The number of amides is 2. The molecule has 1 unspecified atom stereocenters. The van der Waals surface area contributed by atoms with Gasteiger partial charge in [0.15, 0.2) is 0 Å². The van der Waals surface area contributed by atoms with Crippen LogP contribution in [-0.4, -0.2) is 11.8 Å². The second kappa shape index (κ2) is 6.46. The summed E-state index contributed by atoms with van der Waals surface area (Å²) in [7, 11) is 0. The topological polar surface area (TPSA) is 37.4 Å². The van der Waals surface area contributed by atoms with Crippen molar-refractivity contribution in [2.75, 3.05) is 4.90 Å². The van der Waals surface area contributed by atoms with E-state index in [0.29, 0.717) is 17.1 Å². The number of halogens is 2. The molecule has 3 nitrogen and oxygen atoms in total. The summed E-state index contributed by atoms with van der Waals surface area (Å²) in [4.78, 5) is 26.2. The number of rotatable bonds is 3. The van der Waals surface area contributed by atoms with Crippen LogP contribution in [0.3, 0.4) is 0 Å². The van der Waals surface area contributed by atoms with Crippen LogP contribution >= 0.6 is 27.5 Å². The van der Waals surface area contributed by atoms with Gasteiger partial charge in [0.2, 0.25) is 11.8 Å². The number of carbonyl (C=O) groups excluding carboxylic acids is 2. The molecule has 1 saturated heterocycles. The van der Waals surface area contributed by atoms with E-state index in [2.05, 4.69) is 15.9 Å². The van der Waals surface area contributed by atoms with Gasteiger partial charge in [0, 0.05) is 15.9 Å². The van der Waals surface area contributed by atoms with Gasteiger partial charge in [-0.25, -0.2) is 0 Å². The van der Waals surface area contributed by atoms with Crippen molar-refractivity contribution in [1.82, 2.24) is 0 Å². The quantitative estimate of drug-likeness (QED) is 0.720. The van der Waals surface area contributed by atoms with Crippen LogP contribution in [0.4, 0.5) is 5.69 Å². The first-order valence-electron chi connectivity index (χ1n) is 7.33. The van der Waals surface area contributed by atoms with Crippen molar-refractivity contribution < 1.29 is 9.59 Å². The number of hydrogen-bond donors (Lipinski definition) is 0. The number of carbonyl (C=O) groups is 2. The van der Waals surface area contributed by atoms with Gasteiger partial charge in [-0.3, -0.25) is 14.5 Å². The fourth-order valence-electron chi connectivity index (χ4n) is 2.75. The lowest BCUT2D eigenvalue weighted by Gasteiger charge is -2.16. The van der Waals surface area contributed by atoms with Crippen LogP contribution in [0.25, 0.3) is 0 Å². The minimum Gasteiger partial charge on any atom is -0.274 e. The maximum absolute atomic E-state index is 12.6. The fourth-order valence-corrected chi connectivity index (χ4v) is 3.24. The molecule has 0 bridgehead atoms. The first kappa shape index (κ1) is 16.2. The van der Waals surface area contributed by atoms with E-state index in [1.807, 2.05) is 31.2 Å². The number of imide groups is 1. The molecule has 0 radical (unpaired) electrons. The standard InChI is InChI=1S/C18H15BrClNO2/c1-11-2-7-15(10-16(11)19)21-17(22)9-13(18(21)23)8-12-3-5-14(20)6-4-12/h2-7,10,13H,8-9H2,1H3. The van der Waals surface area contributed by atoms with Crippen LogP contribution in [-0.2, 0) is 16.0 Å². The highest BCUT2D eigenvalue weighted by atomic mass is 79.9. The summed E-state index contributed by atoms with van der Waals surface area (Å²) < 4.78 is 0.886. The van der Waals surface area contributed by atoms with E-state index < -0.39 is 0 Å². The van der Waals surface area contributed by atoms with Crippen molar-refractivity contribution in [3.05, 3.63) is 63.1 Å². The van der Waals surface area contributed by atoms with E-state index in [0.717, 1.165) is 15.6 Å². The summed E-state index contributed by atoms with van der Waals surface area (Å²) in [6, 6.07) is 12.9. The van der Waals surface area contributed by atoms with E-state index in [-0.39, 0.29) is 24.2 Å². The Morgan fingerprint density at radius 1 is 1.17 bits per heavy atom. The molecule has 1 aliphatic heterocycles. The van der Waals surface area contributed by atoms with Crippen LogP contribution in [0.1, 0.15) is 17.5 Å². The molecule has 118 valence electrons. The summed E-state index contributed by atoms with van der Waals surface area (Å²) in [6.45, 7) is 1.96. The summed E-state index contributed by atoms with van der Waals surface area (Å²) in [6.07, 6.45) is 0.790. The highest BCUT2D eigenvalue weighted by Crippen LogP contribution is 2.31. The van der Waals surface area contributed by atoms with Crippen LogP contribution < -0.4 is 4.90 Å². The smallest absolute Gasteiger partial charge is 0.237 e. The van der Waals surface area contributed by atoms with E-state index in [1.54, 1.807) is 18.2 Å². The predicted molar refractivity (Wildman–Crippen MR) is 94.6 cm³/mol. The molecule has 0 aliphatic carbocycles. The molecule has 3 rings (SSSR count). The van der Waals surface area contributed by atoms with E-state index in [4.69, 9.17) is 11.6 Å². The molecule has 23 heavy (non-hydrogen) atoms. The molecular formula is C18H15BrClNO2. The molecule has 1 heterocycles. The minimum atomic E-state index is -0.316. The highest BCUT2D eigenvalue weighted by molar-refractivity contribution is 9.10. The molecule has 0 aromatic heterocycles. The zero-order valence-electron chi connectivity index (χ0n) is 12.6. The molecule has 2 aromatic carbocycles. The largest absolute Gasteiger partial charge is 0.274 e. The summed E-state index contributed by atoms with van der Waals surface area (Å²) >= 11 is 9.32. The van der Waals surface area contributed by atoms with Gasteiger partial charge in [-0.1, -0.05) is 45.7 Å². The maximum atomic E-state index is 12.6. The normalized spacial score (nSPS) is 17.9. The third-order valence-corrected chi connectivity index (χ3v) is 5.16. The van der Waals surface area contributed by atoms with Gasteiger partial charge in [-0.2, -0.15) is 0 Å². The molecule has 1 aliphatic rings. The molecule has 0 spiro atoms. The summed E-state index contributed by atoms with van der Waals surface area (Å²) in [5, 5.41) is 0.661. The molecular weight excluding hydrogens is 378 g/mol. The first-order chi connectivity index (χ1) is 11.0. The lowest BCUT2D eigenvalue weighted by atomic mass is 9.98. The lowest BCUT2D eigenvalue weighted by molar-refractivity contribution is -0.122. The van der Waals surface area contributed by atoms with Gasteiger partial charge < -0.3 is 0 Å². The Morgan fingerprint density at radius 2 is 1.87 bits per heavy atom. The van der Waals surface area contributed by atoms with E-state index in [1.165, 1.54) is 4.90 Å². The van der Waals surface area contributed by atoms with Crippen LogP contribution in [0.15, 0.2) is 46.9 Å². The van der Waals surface area contributed by atoms with Crippen molar-refractivity contribution >= 4 is 45.0 Å². The van der Waals surface area contributed by atoms with E-state index >= 15 is 0 Å². The minimum absolute atomic E-state index is 0.138. The van der Waals surface area contributed by atoms with Crippen molar-refractivity contribution in [1.29, 1.82) is 0 Å². The van der Waals surface area contributed by atoms with Gasteiger partial charge in [-0.15, -0.1) is 0 Å². The van der Waals surface area contributed by atoms with Crippen LogP contribution in [0.5, 0.6) is 0 Å². The Balaban J connectivity index is 1.82. The molecule has 2 aromatic rings. The van der Waals surface area contributed by atoms with Crippen molar-refractivity contribution in [2.24, 2.45) is 5.92 Å². The van der Waals surface area contributed by atoms with Crippen molar-refractivity contribution in [2.45, 2.75) is 19.8 Å². The lowest BCUT2D eigenvalue weighted by Crippen LogP contribution is -2.30. The number of nitrogens with zero attached hydrogens (tertiary/aromatic N) is 1. The van der Waals surface area contributed by atoms with Gasteiger partial charge >= 0.3 is 0 Å². The van der Waals surface area contributed by atoms with Crippen molar-refractivity contribution in [3.8, 4) is 0 Å². The molecule has 1 atom stereocenters. The Morgan fingerprint density at radius 3 is 2.52 bits per heavy atom. The molecule has 5 heteroatoms.